The Kier molecular flexibility index (Phi) is 43.6. The molecule has 0 saturated carbocycles. The molecule has 0 aliphatic carbocycles. The topological polar surface area (TPSA) is 546 Å². The van der Waals surface area contributed by atoms with Gasteiger partial charge in [0.15, 0.2) is 5.78 Å². The van der Waals surface area contributed by atoms with E-state index < -0.39 is 204 Å². The minimum atomic E-state index is -3.95. The van der Waals surface area contributed by atoms with Crippen molar-refractivity contribution < 1.29 is 161 Å². The van der Waals surface area contributed by atoms with Crippen LogP contribution < -0.4 is 52.1 Å². The second-order valence-electron chi connectivity index (χ2n) is 24.8. The van der Waals surface area contributed by atoms with Gasteiger partial charge in [-0.1, -0.05) is 17.7 Å². The zero-order valence-electron chi connectivity index (χ0n) is 68.5. The maximum atomic E-state index is 14.3. The van der Waals surface area contributed by atoms with E-state index in [1.54, 1.807) is 36.4 Å². The average Bonchev–Trinajstić information content (AvgIpc) is 0.824. The number of carbonyl (C=O) groups excluding carboxylic acids is 8. The molecule has 0 atom stereocenters. The average molecular weight is 1850 g/mol. The van der Waals surface area contributed by atoms with Gasteiger partial charge in [0.1, 0.15) is 87.4 Å². The summed E-state index contributed by atoms with van der Waals surface area (Å²) in [6.45, 7) is -2.89. The number of Topliss-reactive ketones (excluding diaryl/α,β-unsaturated/α-hetero) is 1. The molecule has 0 spiro atoms. The quantitative estimate of drug-likeness (QED) is 0.0132. The second kappa shape index (κ2) is 49.5. The first-order chi connectivity index (χ1) is 56.1. The number of hydrogen-bond donors (Lipinski definition) is 7. The highest BCUT2D eigenvalue weighted by molar-refractivity contribution is 7.56. The molecular formula is C65H103N11O35P8. The normalized spacial score (nSPS) is 12.5. The van der Waals surface area contributed by atoms with E-state index >= 15 is 0 Å². The van der Waals surface area contributed by atoms with Gasteiger partial charge in [-0.2, -0.15) is 0 Å². The lowest BCUT2D eigenvalue weighted by molar-refractivity contribution is -0.123. The van der Waals surface area contributed by atoms with E-state index in [9.17, 15) is 74.9 Å². The van der Waals surface area contributed by atoms with Crippen LogP contribution in [0.3, 0.4) is 0 Å². The predicted octanol–water partition coefficient (Wildman–Crippen LogP) is 7.07. The molecule has 0 heterocycles. The van der Waals surface area contributed by atoms with Crippen molar-refractivity contribution in [3.63, 3.8) is 0 Å². The molecule has 4 aromatic rings. The number of hydrogen-bond acceptors (Lipinski definition) is 39. The van der Waals surface area contributed by atoms with Crippen LogP contribution in [0.2, 0.25) is 0 Å². The van der Waals surface area contributed by atoms with Crippen LogP contribution in [-0.4, -0.2) is 264 Å². The first-order valence-corrected chi connectivity index (χ1v) is 48.4. The van der Waals surface area contributed by atoms with E-state index in [-0.39, 0.29) is 51.5 Å². The molecule has 0 aromatic heterocycles. The van der Waals surface area contributed by atoms with Gasteiger partial charge in [0.25, 0.3) is 35.4 Å². The van der Waals surface area contributed by atoms with Gasteiger partial charge < -0.3 is 91.9 Å². The van der Waals surface area contributed by atoms with Crippen molar-refractivity contribution >= 4 is 108 Å². The second-order valence-corrected chi connectivity index (χ2v) is 42.7. The molecule has 119 heavy (non-hydrogen) atoms. The first kappa shape index (κ1) is 105. The minimum Gasteiger partial charge on any atom is -0.489 e. The number of rotatable bonds is 55. The molecule has 0 bridgehead atoms. The number of ketones is 1. The van der Waals surface area contributed by atoms with E-state index in [2.05, 4.69) is 37.9 Å². The molecule has 4 rings (SSSR count). The molecule has 0 aliphatic rings. The molecule has 0 radical (unpaired) electrons. The lowest BCUT2D eigenvalue weighted by atomic mass is 10.0. The lowest BCUT2D eigenvalue weighted by Crippen LogP contribution is -2.47. The smallest absolute Gasteiger partial charge is 0.344 e. The Bertz CT molecular complexity index is 3890. The number of aryl methyl sites for hydroxylation is 1. The highest BCUT2D eigenvalue weighted by Gasteiger charge is 2.38. The SMILES string of the molecule is COP(=O)(CN(CC(=O)NCC(=O)c1cc(COc2cc(COc3ccc(C)cc3)cc(OCc3cc(C(=O)NNC(=O)CN(CP(=O)(OC)OC)CP(=O)(OC)OC)cc(C(=O)NNC(=O)CN(CP(=O)(OC)OC)CP(=O)(OC)OC)c3)c2)cc(C(=O)NNC(=O)CN(CP(=O)(OC)OC)CP(=O)(OC)OC)c1)CP(=O)(OC)OC)OC. The Balaban J connectivity index is 1.84. The Labute approximate surface area is 688 Å². The van der Waals surface area contributed by atoms with Crippen LogP contribution in [0.4, 0.5) is 0 Å². The molecular weight excluding hydrogens is 1740 g/mol. The monoisotopic (exact) mass is 1850 g/mol. The van der Waals surface area contributed by atoms with Crippen molar-refractivity contribution in [2.24, 2.45) is 0 Å². The number of hydrazine groups is 3. The van der Waals surface area contributed by atoms with Crippen molar-refractivity contribution in [1.82, 2.24) is 57.5 Å². The Morgan fingerprint density at radius 3 is 0.765 bits per heavy atom. The van der Waals surface area contributed by atoms with Gasteiger partial charge in [0.05, 0.1) is 32.7 Å². The third kappa shape index (κ3) is 35.2. The van der Waals surface area contributed by atoms with Crippen LogP contribution in [0.5, 0.6) is 17.2 Å². The van der Waals surface area contributed by atoms with Crippen LogP contribution >= 0.6 is 60.8 Å². The zero-order valence-corrected chi connectivity index (χ0v) is 75.6. The molecule has 7 N–H and O–H groups in total. The van der Waals surface area contributed by atoms with Gasteiger partial charge in [-0.15, -0.1) is 0 Å². The Morgan fingerprint density at radius 1 is 0.277 bits per heavy atom. The first-order valence-electron chi connectivity index (χ1n) is 34.5. The number of nitrogens with one attached hydrogen (secondary N) is 7. The third-order valence-corrected chi connectivity index (χ3v) is 31.4. The highest BCUT2D eigenvalue weighted by atomic mass is 31.2. The fourth-order valence-electron chi connectivity index (χ4n) is 10.0. The summed E-state index contributed by atoms with van der Waals surface area (Å²) < 4.78 is 205. The molecule has 7 amide bonds. The van der Waals surface area contributed by atoms with E-state index in [0.717, 1.165) is 151 Å². The minimum absolute atomic E-state index is 0.0297. The van der Waals surface area contributed by atoms with Crippen molar-refractivity contribution in [2.75, 3.05) is 197 Å². The molecule has 4 aromatic carbocycles. The summed E-state index contributed by atoms with van der Waals surface area (Å²) in [5.74, 6) is -7.36. The maximum absolute atomic E-state index is 14.3. The Morgan fingerprint density at radius 2 is 0.504 bits per heavy atom. The maximum Gasteiger partial charge on any atom is 0.344 e. The summed E-state index contributed by atoms with van der Waals surface area (Å²) in [6, 6.07) is 18.8. The molecule has 46 nitrogen and oxygen atoms in total. The molecule has 0 saturated heterocycles. The number of amides is 7. The van der Waals surface area contributed by atoms with Gasteiger partial charge in [0.2, 0.25) is 5.91 Å². The summed E-state index contributed by atoms with van der Waals surface area (Å²) in [5, 5.41) is 2.44. The van der Waals surface area contributed by atoms with Crippen LogP contribution in [-0.2, 0) is 148 Å². The van der Waals surface area contributed by atoms with E-state index in [1.165, 1.54) is 30.3 Å². The van der Waals surface area contributed by atoms with E-state index in [4.69, 9.17) is 86.6 Å². The lowest BCUT2D eigenvalue weighted by Gasteiger charge is -2.27. The summed E-state index contributed by atoms with van der Waals surface area (Å²) in [5.41, 5.74) is 13.5. The van der Waals surface area contributed by atoms with E-state index in [0.29, 0.717) is 11.3 Å². The highest BCUT2D eigenvalue weighted by Crippen LogP contribution is 2.55. The molecule has 0 unspecified atom stereocenters. The summed E-state index contributed by atoms with van der Waals surface area (Å²) >= 11 is 0. The number of carbonyl (C=O) groups is 8. The van der Waals surface area contributed by atoms with Gasteiger partial charge in [-0.05, 0) is 84.3 Å². The zero-order chi connectivity index (χ0) is 89.2. The standard InChI is InChI=1S/C65H103N11O35P8/c1-47-18-20-55(21-19-47)109-38-50-26-56(110-36-48-22-51(58(77)31-66-59(78)32-73(39-112(85,93-2)94-3)40-113(86,95-4)96-5)28-52(23-48)63(82)70-67-60(79)33-74(41-114(87,97-6)98-7)42-115(88,99-8)100-9)30-57(27-50)111-37-49-24-53(64(83)71-68-61(80)34-75(43-116(89,101-10)102-11)44-117(90,103-12)104-13)29-54(25-49)65(84)72-69-62(81)35-76(45-118(91,105-14)106-15)46-119(92,107-16)108-17/h18-30H,31-46H2,1-17H3,(H,66,78)(H,67,79)(H,68,80)(H,69,81)(H,70,82)(H,71,83)(H,72,84). The third-order valence-electron chi connectivity index (χ3n) is 16.6. The molecule has 668 valence electrons. The Hall–Kier alpha value is -6.72. The van der Waals surface area contributed by atoms with Crippen LogP contribution in [0, 0.1) is 6.92 Å². The number of benzene rings is 4. The van der Waals surface area contributed by atoms with Crippen LogP contribution in [0.15, 0.2) is 78.9 Å². The van der Waals surface area contributed by atoms with Crippen molar-refractivity contribution in [3.8, 4) is 17.2 Å². The van der Waals surface area contributed by atoms with E-state index in [1.807, 2.05) is 6.92 Å². The van der Waals surface area contributed by atoms with Crippen LogP contribution in [0.25, 0.3) is 0 Å². The van der Waals surface area contributed by atoms with Gasteiger partial charge >= 0.3 is 60.8 Å². The van der Waals surface area contributed by atoms with Gasteiger partial charge in [-0.3, -0.25) is 127 Å². The van der Waals surface area contributed by atoms with Crippen molar-refractivity contribution in [2.45, 2.75) is 26.7 Å². The van der Waals surface area contributed by atoms with Gasteiger partial charge in [0, 0.05) is 142 Å². The molecule has 0 aliphatic heterocycles. The largest absolute Gasteiger partial charge is 0.489 e. The fourth-order valence-corrected chi connectivity index (χ4v) is 19.2. The van der Waals surface area contributed by atoms with Crippen molar-refractivity contribution in [1.29, 1.82) is 0 Å². The summed E-state index contributed by atoms with van der Waals surface area (Å²) in [7, 11) is -14.3. The number of ether oxygens (including phenoxy) is 3. The van der Waals surface area contributed by atoms with Crippen molar-refractivity contribution in [3.05, 3.63) is 123 Å². The number of nitrogens with zero attached hydrogens (tertiary/aromatic N) is 4. The van der Waals surface area contributed by atoms with Gasteiger partial charge in [-0.25, -0.2) is 0 Å². The van der Waals surface area contributed by atoms with Crippen LogP contribution in [0.1, 0.15) is 63.7 Å². The predicted molar refractivity (Wildman–Crippen MR) is 426 cm³/mol. The molecule has 54 heteroatoms. The summed E-state index contributed by atoms with van der Waals surface area (Å²) in [4.78, 5) is 116. The molecule has 0 fully saturated rings. The fraction of sp³-hybridized carbons (Fsp3) is 0.508. The summed E-state index contributed by atoms with van der Waals surface area (Å²) in [6.07, 6.45) is -4.92.